The van der Waals surface area contributed by atoms with Crippen LogP contribution in [0.1, 0.15) is 32.6 Å². The SMILES string of the molecule is CCC(CNC(=NCC(=O)N(C)C)NCC1CCCCO1)Oc1cccc(F)c1. The second kappa shape index (κ2) is 12.3. The number of aliphatic imine (C=N–C) groups is 1. The van der Waals surface area contributed by atoms with Gasteiger partial charge in [0.15, 0.2) is 5.96 Å². The number of nitrogens with zero attached hydrogens (tertiary/aromatic N) is 2. The first-order chi connectivity index (χ1) is 14.0. The Bertz CT molecular complexity index is 663. The van der Waals surface area contributed by atoms with Crippen LogP contribution in [0.5, 0.6) is 5.75 Å². The van der Waals surface area contributed by atoms with Gasteiger partial charge in [0, 0.05) is 33.3 Å². The van der Waals surface area contributed by atoms with E-state index in [-0.39, 0.29) is 30.5 Å². The topological polar surface area (TPSA) is 75.2 Å². The quantitative estimate of drug-likeness (QED) is 0.484. The van der Waals surface area contributed by atoms with Crippen molar-refractivity contribution in [2.75, 3.05) is 40.3 Å². The van der Waals surface area contributed by atoms with Crippen LogP contribution in [-0.2, 0) is 9.53 Å². The zero-order valence-corrected chi connectivity index (χ0v) is 17.6. The largest absolute Gasteiger partial charge is 0.489 e. The van der Waals surface area contributed by atoms with Gasteiger partial charge in [-0.05, 0) is 37.8 Å². The van der Waals surface area contributed by atoms with Crippen molar-refractivity contribution in [2.45, 2.75) is 44.8 Å². The molecule has 0 aliphatic carbocycles. The molecule has 2 atom stereocenters. The number of nitrogens with one attached hydrogen (secondary N) is 2. The fourth-order valence-electron chi connectivity index (χ4n) is 2.85. The lowest BCUT2D eigenvalue weighted by molar-refractivity contribution is -0.127. The summed E-state index contributed by atoms with van der Waals surface area (Å²) in [6.45, 7) is 3.94. The average Bonchev–Trinajstić information content (AvgIpc) is 2.72. The van der Waals surface area contributed by atoms with Crippen molar-refractivity contribution in [3.8, 4) is 5.75 Å². The molecule has 29 heavy (non-hydrogen) atoms. The molecule has 1 amide bonds. The molecular weight excluding hydrogens is 375 g/mol. The normalized spacial score (nSPS) is 18.1. The first kappa shape index (κ1) is 22.9. The first-order valence-electron chi connectivity index (χ1n) is 10.2. The number of benzene rings is 1. The van der Waals surface area contributed by atoms with E-state index < -0.39 is 0 Å². The number of guanidine groups is 1. The molecule has 7 nitrogen and oxygen atoms in total. The third kappa shape index (κ3) is 8.68. The molecule has 2 unspecified atom stereocenters. The lowest BCUT2D eigenvalue weighted by atomic mass is 10.1. The average molecular weight is 409 g/mol. The number of likely N-dealkylation sites (N-methyl/N-ethyl adjacent to an activating group) is 1. The van der Waals surface area contributed by atoms with Crippen molar-refractivity contribution in [2.24, 2.45) is 4.99 Å². The van der Waals surface area contributed by atoms with E-state index in [1.54, 1.807) is 26.2 Å². The Labute approximate surface area is 172 Å². The van der Waals surface area contributed by atoms with E-state index in [1.807, 2.05) is 6.92 Å². The van der Waals surface area contributed by atoms with Gasteiger partial charge in [-0.15, -0.1) is 0 Å². The molecule has 2 N–H and O–H groups in total. The van der Waals surface area contributed by atoms with Crippen LogP contribution < -0.4 is 15.4 Å². The number of amides is 1. The smallest absolute Gasteiger partial charge is 0.243 e. The monoisotopic (exact) mass is 408 g/mol. The van der Waals surface area contributed by atoms with Crippen molar-refractivity contribution in [3.63, 3.8) is 0 Å². The summed E-state index contributed by atoms with van der Waals surface area (Å²) >= 11 is 0. The molecule has 0 aromatic heterocycles. The Morgan fingerprint density at radius 2 is 2.21 bits per heavy atom. The lowest BCUT2D eigenvalue weighted by Gasteiger charge is -2.25. The summed E-state index contributed by atoms with van der Waals surface area (Å²) in [5.74, 6) is 0.617. The third-order valence-corrected chi connectivity index (χ3v) is 4.69. The van der Waals surface area contributed by atoms with Gasteiger partial charge in [0.25, 0.3) is 0 Å². The Morgan fingerprint density at radius 3 is 2.86 bits per heavy atom. The molecule has 1 fully saturated rings. The second-order valence-electron chi connectivity index (χ2n) is 7.31. The molecule has 0 radical (unpaired) electrons. The maximum absolute atomic E-state index is 13.4. The molecule has 1 aliphatic heterocycles. The summed E-state index contributed by atoms with van der Waals surface area (Å²) in [5.41, 5.74) is 0. The Hall–Kier alpha value is -2.35. The molecule has 2 rings (SSSR count). The third-order valence-electron chi connectivity index (χ3n) is 4.69. The maximum atomic E-state index is 13.4. The summed E-state index contributed by atoms with van der Waals surface area (Å²) in [4.78, 5) is 17.8. The van der Waals surface area contributed by atoms with Gasteiger partial charge < -0.3 is 25.0 Å². The van der Waals surface area contributed by atoms with Crippen LogP contribution >= 0.6 is 0 Å². The number of hydrogen-bond acceptors (Lipinski definition) is 4. The van der Waals surface area contributed by atoms with E-state index in [4.69, 9.17) is 9.47 Å². The molecule has 1 aromatic rings. The molecule has 1 saturated heterocycles. The summed E-state index contributed by atoms with van der Waals surface area (Å²) in [6.07, 6.45) is 3.98. The van der Waals surface area contributed by atoms with E-state index in [9.17, 15) is 9.18 Å². The van der Waals surface area contributed by atoms with Crippen molar-refractivity contribution >= 4 is 11.9 Å². The van der Waals surface area contributed by atoms with Crippen molar-refractivity contribution in [3.05, 3.63) is 30.1 Å². The number of carbonyl (C=O) groups excluding carboxylic acids is 1. The van der Waals surface area contributed by atoms with Crippen LogP contribution in [0, 0.1) is 5.82 Å². The highest BCUT2D eigenvalue weighted by molar-refractivity contribution is 5.84. The number of hydrogen-bond donors (Lipinski definition) is 2. The summed E-state index contributed by atoms with van der Waals surface area (Å²) in [7, 11) is 3.41. The van der Waals surface area contributed by atoms with Gasteiger partial charge in [-0.3, -0.25) is 4.79 Å². The van der Waals surface area contributed by atoms with Crippen LogP contribution in [0.4, 0.5) is 4.39 Å². The Kier molecular flexibility index (Phi) is 9.70. The van der Waals surface area contributed by atoms with Crippen LogP contribution in [-0.4, -0.2) is 69.3 Å². The fraction of sp³-hybridized carbons (Fsp3) is 0.619. The van der Waals surface area contributed by atoms with E-state index in [0.29, 0.717) is 24.8 Å². The van der Waals surface area contributed by atoms with E-state index in [2.05, 4.69) is 15.6 Å². The number of carbonyl (C=O) groups is 1. The molecule has 162 valence electrons. The van der Waals surface area contributed by atoms with E-state index in [1.165, 1.54) is 17.0 Å². The van der Waals surface area contributed by atoms with E-state index in [0.717, 1.165) is 32.3 Å². The van der Waals surface area contributed by atoms with Gasteiger partial charge in [0.1, 0.15) is 24.2 Å². The van der Waals surface area contributed by atoms with Crippen molar-refractivity contribution in [1.82, 2.24) is 15.5 Å². The number of halogens is 1. The van der Waals surface area contributed by atoms with Crippen molar-refractivity contribution < 1.29 is 18.7 Å². The molecule has 0 spiro atoms. The van der Waals surface area contributed by atoms with Gasteiger partial charge in [-0.2, -0.15) is 0 Å². The number of rotatable bonds is 9. The predicted octanol–water partition coefficient (Wildman–Crippen LogP) is 2.18. The lowest BCUT2D eigenvalue weighted by Crippen LogP contribution is -2.46. The highest BCUT2D eigenvalue weighted by atomic mass is 19.1. The van der Waals surface area contributed by atoms with Gasteiger partial charge in [-0.25, -0.2) is 9.38 Å². The molecule has 1 aromatic carbocycles. The van der Waals surface area contributed by atoms with Crippen LogP contribution in [0.3, 0.4) is 0 Å². The minimum absolute atomic E-state index is 0.0510. The summed E-state index contributed by atoms with van der Waals surface area (Å²) in [6, 6.07) is 6.10. The molecule has 1 heterocycles. The summed E-state index contributed by atoms with van der Waals surface area (Å²) in [5, 5.41) is 6.50. The highest BCUT2D eigenvalue weighted by Gasteiger charge is 2.15. The second-order valence-corrected chi connectivity index (χ2v) is 7.31. The standard InChI is InChI=1S/C21H33FN4O3/c1-4-17(29-18-10-7-8-16(22)12-18)13-23-21(25-15-20(27)26(2)3)24-14-19-9-5-6-11-28-19/h7-8,10,12,17,19H,4-6,9,11,13-15H2,1-3H3,(H2,23,24,25). The highest BCUT2D eigenvalue weighted by Crippen LogP contribution is 2.15. The van der Waals surface area contributed by atoms with E-state index >= 15 is 0 Å². The number of ether oxygens (including phenoxy) is 2. The minimum Gasteiger partial charge on any atom is -0.489 e. The van der Waals surface area contributed by atoms with Crippen LogP contribution in [0.2, 0.25) is 0 Å². The molecule has 8 heteroatoms. The van der Waals surface area contributed by atoms with Crippen LogP contribution in [0.15, 0.2) is 29.3 Å². The van der Waals surface area contributed by atoms with Gasteiger partial charge in [0.05, 0.1) is 12.6 Å². The summed E-state index contributed by atoms with van der Waals surface area (Å²) < 4.78 is 25.0. The molecular formula is C21H33FN4O3. The zero-order valence-electron chi connectivity index (χ0n) is 17.6. The molecule has 0 saturated carbocycles. The van der Waals surface area contributed by atoms with Gasteiger partial charge >= 0.3 is 0 Å². The van der Waals surface area contributed by atoms with Crippen LogP contribution in [0.25, 0.3) is 0 Å². The Morgan fingerprint density at radius 1 is 1.38 bits per heavy atom. The molecule has 1 aliphatic rings. The zero-order chi connectivity index (χ0) is 21.1. The predicted molar refractivity (Wildman–Crippen MR) is 112 cm³/mol. The van der Waals surface area contributed by atoms with Gasteiger partial charge in [0.2, 0.25) is 5.91 Å². The molecule has 0 bridgehead atoms. The van der Waals surface area contributed by atoms with Crippen molar-refractivity contribution in [1.29, 1.82) is 0 Å². The Balaban J connectivity index is 1.92. The van der Waals surface area contributed by atoms with Gasteiger partial charge in [-0.1, -0.05) is 13.0 Å². The fourth-order valence-corrected chi connectivity index (χ4v) is 2.85. The minimum atomic E-state index is -0.330. The maximum Gasteiger partial charge on any atom is 0.243 e. The first-order valence-corrected chi connectivity index (χ1v) is 10.2.